The minimum absolute atomic E-state index is 0.244. The molecule has 0 aliphatic rings. The molecule has 0 aliphatic carbocycles. The van der Waals surface area contributed by atoms with E-state index in [1.54, 1.807) is 18.2 Å². The Kier molecular flexibility index (Phi) is 4.97. The Labute approximate surface area is 146 Å². The van der Waals surface area contributed by atoms with E-state index in [9.17, 15) is 9.59 Å². The van der Waals surface area contributed by atoms with Crippen molar-refractivity contribution in [2.24, 2.45) is 0 Å². The van der Waals surface area contributed by atoms with Crippen molar-refractivity contribution < 1.29 is 13.9 Å². The topological polar surface area (TPSA) is 69.4 Å². The van der Waals surface area contributed by atoms with E-state index in [4.69, 9.17) is 20.8 Å². The van der Waals surface area contributed by atoms with E-state index in [0.717, 1.165) is 11.1 Å². The second-order valence-electron chi connectivity index (χ2n) is 5.21. The Morgan fingerprint density at radius 1 is 1.38 bits per heavy atom. The molecule has 0 N–H and O–H groups in total. The van der Waals surface area contributed by atoms with Crippen molar-refractivity contribution >= 4 is 39.9 Å². The SMILES string of the molecule is Cc1csc(-c2cc3ccc(OC(=O)CCCCl)cc3oc2=O)n1. The molecule has 0 aliphatic heterocycles. The second-order valence-corrected chi connectivity index (χ2v) is 6.44. The predicted molar refractivity (Wildman–Crippen MR) is 93.9 cm³/mol. The number of carbonyl (C=O) groups excluding carboxylic acids is 1. The summed E-state index contributed by atoms with van der Waals surface area (Å²) in [7, 11) is 0. The van der Waals surface area contributed by atoms with Crippen LogP contribution in [0, 0.1) is 6.92 Å². The number of ether oxygens (including phenoxy) is 1. The van der Waals surface area contributed by atoms with Crippen LogP contribution in [0.25, 0.3) is 21.5 Å². The van der Waals surface area contributed by atoms with Crippen LogP contribution in [0.4, 0.5) is 0 Å². The number of alkyl halides is 1. The maximum atomic E-state index is 12.2. The van der Waals surface area contributed by atoms with E-state index in [1.165, 1.54) is 17.4 Å². The van der Waals surface area contributed by atoms with Gasteiger partial charge in [0, 0.05) is 34.8 Å². The minimum atomic E-state index is -0.470. The summed E-state index contributed by atoms with van der Waals surface area (Å²) in [6.07, 6.45) is 0.799. The first kappa shape index (κ1) is 16.7. The molecule has 0 amide bonds. The van der Waals surface area contributed by atoms with Gasteiger partial charge in [-0.2, -0.15) is 0 Å². The standard InChI is InChI=1S/C17H14ClNO4S/c1-10-9-24-16(19-10)13-7-11-4-5-12(8-14(11)23-17(13)21)22-15(20)3-2-6-18/h4-5,7-9H,2-3,6H2,1H3. The Morgan fingerprint density at radius 2 is 2.21 bits per heavy atom. The number of rotatable bonds is 5. The highest BCUT2D eigenvalue weighted by Crippen LogP contribution is 2.26. The maximum Gasteiger partial charge on any atom is 0.346 e. The number of fused-ring (bicyclic) bond motifs is 1. The van der Waals surface area contributed by atoms with Gasteiger partial charge in [0.2, 0.25) is 0 Å². The molecule has 1 aromatic carbocycles. The lowest BCUT2D eigenvalue weighted by atomic mass is 10.2. The largest absolute Gasteiger partial charge is 0.426 e. The van der Waals surface area contributed by atoms with Gasteiger partial charge in [-0.1, -0.05) is 0 Å². The lowest BCUT2D eigenvalue weighted by molar-refractivity contribution is -0.134. The van der Waals surface area contributed by atoms with E-state index >= 15 is 0 Å². The van der Waals surface area contributed by atoms with Crippen molar-refractivity contribution in [2.45, 2.75) is 19.8 Å². The van der Waals surface area contributed by atoms with Crippen molar-refractivity contribution in [3.8, 4) is 16.3 Å². The Hall–Kier alpha value is -2.18. The van der Waals surface area contributed by atoms with Gasteiger partial charge in [0.15, 0.2) is 0 Å². The molecule has 5 nitrogen and oxygen atoms in total. The molecule has 3 aromatic rings. The summed E-state index contributed by atoms with van der Waals surface area (Å²) < 4.78 is 10.6. The summed E-state index contributed by atoms with van der Waals surface area (Å²) in [4.78, 5) is 28.1. The first-order chi connectivity index (χ1) is 11.6. The van der Waals surface area contributed by atoms with Crippen molar-refractivity contribution in [3.63, 3.8) is 0 Å². The zero-order valence-electron chi connectivity index (χ0n) is 12.9. The van der Waals surface area contributed by atoms with Crippen molar-refractivity contribution in [1.82, 2.24) is 4.98 Å². The molecule has 0 fully saturated rings. The second kappa shape index (κ2) is 7.15. The number of hydrogen-bond donors (Lipinski definition) is 0. The molecule has 0 radical (unpaired) electrons. The van der Waals surface area contributed by atoms with Gasteiger partial charge >= 0.3 is 11.6 Å². The average molecular weight is 364 g/mol. The zero-order chi connectivity index (χ0) is 17.1. The van der Waals surface area contributed by atoms with Gasteiger partial charge in [0.1, 0.15) is 16.3 Å². The van der Waals surface area contributed by atoms with Crippen LogP contribution in [0.3, 0.4) is 0 Å². The lowest BCUT2D eigenvalue weighted by Crippen LogP contribution is -2.08. The highest BCUT2D eigenvalue weighted by Gasteiger charge is 2.12. The van der Waals surface area contributed by atoms with E-state index in [1.807, 2.05) is 12.3 Å². The maximum absolute atomic E-state index is 12.2. The van der Waals surface area contributed by atoms with E-state index < -0.39 is 5.63 Å². The number of aromatic nitrogens is 1. The van der Waals surface area contributed by atoms with E-state index in [2.05, 4.69) is 4.98 Å². The number of halogens is 1. The Balaban J connectivity index is 1.91. The summed E-state index contributed by atoms with van der Waals surface area (Å²) in [6, 6.07) is 6.68. The van der Waals surface area contributed by atoms with Gasteiger partial charge in [-0.05, 0) is 31.5 Å². The lowest BCUT2D eigenvalue weighted by Gasteiger charge is -2.05. The third kappa shape index (κ3) is 3.66. The summed E-state index contributed by atoms with van der Waals surface area (Å²) >= 11 is 6.94. The molecule has 0 unspecified atom stereocenters. The van der Waals surface area contributed by atoms with Crippen LogP contribution in [0.15, 0.2) is 38.9 Å². The number of carbonyl (C=O) groups is 1. The van der Waals surface area contributed by atoms with Crippen molar-refractivity contribution in [3.05, 3.63) is 45.8 Å². The summed E-state index contributed by atoms with van der Waals surface area (Å²) in [5.41, 5.74) is 1.17. The summed E-state index contributed by atoms with van der Waals surface area (Å²) in [5, 5.41) is 3.24. The number of nitrogens with zero attached hydrogens (tertiary/aromatic N) is 1. The van der Waals surface area contributed by atoms with Crippen molar-refractivity contribution in [1.29, 1.82) is 0 Å². The molecule has 2 aromatic heterocycles. The van der Waals surface area contributed by atoms with Crippen LogP contribution in [-0.2, 0) is 4.79 Å². The zero-order valence-corrected chi connectivity index (χ0v) is 14.4. The van der Waals surface area contributed by atoms with Crippen LogP contribution in [-0.4, -0.2) is 16.8 Å². The van der Waals surface area contributed by atoms with Gasteiger partial charge in [0.25, 0.3) is 0 Å². The Morgan fingerprint density at radius 3 is 2.92 bits per heavy atom. The molecule has 0 spiro atoms. The summed E-state index contributed by atoms with van der Waals surface area (Å²) in [5.74, 6) is 0.371. The summed E-state index contributed by atoms with van der Waals surface area (Å²) in [6.45, 7) is 1.87. The molecule has 0 atom stereocenters. The first-order valence-corrected chi connectivity index (χ1v) is 8.75. The number of esters is 1. The molecule has 0 saturated carbocycles. The molecule has 0 saturated heterocycles. The normalized spacial score (nSPS) is 10.9. The van der Waals surface area contributed by atoms with Crippen LogP contribution in [0.2, 0.25) is 0 Å². The van der Waals surface area contributed by atoms with Crippen LogP contribution < -0.4 is 10.4 Å². The predicted octanol–water partition coefficient (Wildman–Crippen LogP) is 4.15. The third-order valence-electron chi connectivity index (χ3n) is 3.30. The fourth-order valence-electron chi connectivity index (χ4n) is 2.18. The number of aryl methyl sites for hydroxylation is 1. The molecular formula is C17H14ClNO4S. The van der Waals surface area contributed by atoms with Crippen LogP contribution >= 0.6 is 22.9 Å². The third-order valence-corrected chi connectivity index (χ3v) is 4.56. The monoisotopic (exact) mass is 363 g/mol. The van der Waals surface area contributed by atoms with Crippen molar-refractivity contribution in [2.75, 3.05) is 5.88 Å². The van der Waals surface area contributed by atoms with Crippen LogP contribution in [0.1, 0.15) is 18.5 Å². The molecular weight excluding hydrogens is 350 g/mol. The molecule has 2 heterocycles. The van der Waals surface area contributed by atoms with Gasteiger partial charge in [-0.25, -0.2) is 9.78 Å². The first-order valence-electron chi connectivity index (χ1n) is 7.34. The van der Waals surface area contributed by atoms with Gasteiger partial charge in [-0.15, -0.1) is 22.9 Å². The van der Waals surface area contributed by atoms with E-state index in [0.29, 0.717) is 34.2 Å². The minimum Gasteiger partial charge on any atom is -0.426 e. The average Bonchev–Trinajstić information content (AvgIpc) is 2.98. The molecule has 24 heavy (non-hydrogen) atoms. The molecule has 124 valence electrons. The molecule has 3 rings (SSSR count). The smallest absolute Gasteiger partial charge is 0.346 e. The fourth-order valence-corrected chi connectivity index (χ4v) is 3.11. The highest BCUT2D eigenvalue weighted by molar-refractivity contribution is 7.13. The van der Waals surface area contributed by atoms with Gasteiger partial charge < -0.3 is 9.15 Å². The number of hydrogen-bond acceptors (Lipinski definition) is 6. The van der Waals surface area contributed by atoms with Crippen LogP contribution in [0.5, 0.6) is 5.75 Å². The molecule has 7 heteroatoms. The highest BCUT2D eigenvalue weighted by atomic mass is 35.5. The molecule has 0 bridgehead atoms. The Bertz CT molecular complexity index is 947. The quantitative estimate of drug-likeness (QED) is 0.295. The van der Waals surface area contributed by atoms with Gasteiger partial charge in [0.05, 0.1) is 5.56 Å². The van der Waals surface area contributed by atoms with Gasteiger partial charge in [-0.3, -0.25) is 4.79 Å². The number of benzene rings is 1. The van der Waals surface area contributed by atoms with E-state index in [-0.39, 0.29) is 12.4 Å². The number of thiazole rings is 1. The fraction of sp³-hybridized carbons (Fsp3) is 0.235.